The summed E-state index contributed by atoms with van der Waals surface area (Å²) < 4.78 is 11.3. The molecular weight excluding hydrogens is 260 g/mol. The monoisotopic (exact) mass is 280 g/mol. The molecule has 1 atom stereocenters. The molecule has 0 spiro atoms. The van der Waals surface area contributed by atoms with Gasteiger partial charge in [-0.25, -0.2) is 0 Å². The van der Waals surface area contributed by atoms with Crippen LogP contribution >= 0.6 is 0 Å². The van der Waals surface area contributed by atoms with Crippen molar-refractivity contribution in [3.8, 4) is 0 Å². The molecule has 1 heterocycles. The molecule has 0 bridgehead atoms. The second-order valence-corrected chi connectivity index (χ2v) is 5.31. The van der Waals surface area contributed by atoms with Crippen molar-refractivity contribution >= 4 is 5.69 Å². The Morgan fingerprint density at radius 1 is 1.35 bits per heavy atom. The maximum absolute atomic E-state index is 10.8. The summed E-state index contributed by atoms with van der Waals surface area (Å²) in [6, 6.07) is 4.79. The standard InChI is InChI=1S/C14H20N2O4/c1-10(2)6-15-7-14-19-8-11-3-4-13(16(17)18)5-12(11)9-20-14/h3-5,10,14-15H,6-9H2,1-2H3. The molecule has 110 valence electrons. The van der Waals surface area contributed by atoms with Crippen LogP contribution in [-0.4, -0.2) is 24.3 Å². The van der Waals surface area contributed by atoms with Crippen LogP contribution in [0, 0.1) is 16.0 Å². The number of ether oxygens (including phenoxy) is 2. The first-order valence-electron chi connectivity index (χ1n) is 6.76. The molecule has 6 nitrogen and oxygen atoms in total. The minimum atomic E-state index is -0.395. The summed E-state index contributed by atoms with van der Waals surface area (Å²) in [5.41, 5.74) is 1.86. The van der Waals surface area contributed by atoms with Gasteiger partial charge in [0.2, 0.25) is 0 Å². The highest BCUT2D eigenvalue weighted by Gasteiger charge is 2.19. The fourth-order valence-electron chi connectivity index (χ4n) is 2.02. The van der Waals surface area contributed by atoms with Gasteiger partial charge in [-0.3, -0.25) is 10.1 Å². The van der Waals surface area contributed by atoms with Gasteiger partial charge >= 0.3 is 0 Å². The van der Waals surface area contributed by atoms with E-state index in [2.05, 4.69) is 19.2 Å². The Bertz CT molecular complexity index is 476. The zero-order chi connectivity index (χ0) is 14.5. The smallest absolute Gasteiger partial charge is 0.269 e. The van der Waals surface area contributed by atoms with Crippen molar-refractivity contribution in [2.24, 2.45) is 5.92 Å². The van der Waals surface area contributed by atoms with E-state index in [0.29, 0.717) is 25.7 Å². The molecule has 20 heavy (non-hydrogen) atoms. The van der Waals surface area contributed by atoms with Crippen molar-refractivity contribution in [2.45, 2.75) is 33.4 Å². The van der Waals surface area contributed by atoms with Gasteiger partial charge < -0.3 is 14.8 Å². The van der Waals surface area contributed by atoms with Crippen LogP contribution in [0.3, 0.4) is 0 Å². The van der Waals surface area contributed by atoms with E-state index in [1.54, 1.807) is 12.1 Å². The van der Waals surface area contributed by atoms with E-state index in [1.807, 2.05) is 0 Å². The van der Waals surface area contributed by atoms with E-state index in [9.17, 15) is 10.1 Å². The number of nitro benzene ring substituents is 1. The molecule has 0 fully saturated rings. The van der Waals surface area contributed by atoms with Gasteiger partial charge in [-0.05, 0) is 29.7 Å². The third-order valence-corrected chi connectivity index (χ3v) is 3.11. The number of fused-ring (bicyclic) bond motifs is 1. The predicted molar refractivity (Wildman–Crippen MR) is 74.2 cm³/mol. The van der Waals surface area contributed by atoms with Crippen LogP contribution in [0.25, 0.3) is 0 Å². The normalized spacial score (nSPS) is 18.6. The average Bonchev–Trinajstić information content (AvgIpc) is 2.60. The van der Waals surface area contributed by atoms with Crippen molar-refractivity contribution in [1.82, 2.24) is 5.32 Å². The van der Waals surface area contributed by atoms with Gasteiger partial charge in [0.1, 0.15) is 0 Å². The molecule has 1 unspecified atom stereocenters. The lowest BCUT2D eigenvalue weighted by molar-refractivity contribution is -0.385. The highest BCUT2D eigenvalue weighted by Crippen LogP contribution is 2.23. The van der Waals surface area contributed by atoms with Gasteiger partial charge in [-0.15, -0.1) is 0 Å². The van der Waals surface area contributed by atoms with E-state index in [1.165, 1.54) is 6.07 Å². The summed E-state index contributed by atoms with van der Waals surface area (Å²) in [6.45, 7) is 6.55. The van der Waals surface area contributed by atoms with Gasteiger partial charge in [-0.1, -0.05) is 13.8 Å². The molecule has 1 aliphatic rings. The number of rotatable bonds is 5. The lowest BCUT2D eigenvalue weighted by Gasteiger charge is -2.16. The number of nitrogens with zero attached hydrogens (tertiary/aromatic N) is 1. The first-order valence-corrected chi connectivity index (χ1v) is 6.76. The zero-order valence-electron chi connectivity index (χ0n) is 11.8. The van der Waals surface area contributed by atoms with Crippen LogP contribution in [0.15, 0.2) is 18.2 Å². The topological polar surface area (TPSA) is 73.6 Å². The minimum Gasteiger partial charge on any atom is -0.347 e. The first kappa shape index (κ1) is 14.9. The molecule has 1 N–H and O–H groups in total. The molecule has 0 aliphatic carbocycles. The SMILES string of the molecule is CC(C)CNCC1OCc2ccc([N+](=O)[O-])cc2CO1. The summed E-state index contributed by atoms with van der Waals surface area (Å²) in [5.74, 6) is 0.570. The number of nitrogens with one attached hydrogen (secondary N) is 1. The average molecular weight is 280 g/mol. The number of hydrogen-bond acceptors (Lipinski definition) is 5. The van der Waals surface area contributed by atoms with E-state index in [-0.39, 0.29) is 12.0 Å². The summed E-state index contributed by atoms with van der Waals surface area (Å²) in [7, 11) is 0. The molecular formula is C14H20N2O4. The zero-order valence-corrected chi connectivity index (χ0v) is 11.8. The van der Waals surface area contributed by atoms with Crippen LogP contribution in [0.4, 0.5) is 5.69 Å². The molecule has 0 saturated heterocycles. The third kappa shape index (κ3) is 4.00. The van der Waals surface area contributed by atoms with Crippen LogP contribution < -0.4 is 5.32 Å². The third-order valence-electron chi connectivity index (χ3n) is 3.11. The second kappa shape index (κ2) is 6.78. The molecule has 1 aromatic rings. The van der Waals surface area contributed by atoms with Crippen molar-refractivity contribution in [2.75, 3.05) is 13.1 Å². The first-order chi connectivity index (χ1) is 9.56. The van der Waals surface area contributed by atoms with Crippen molar-refractivity contribution in [3.63, 3.8) is 0 Å². The van der Waals surface area contributed by atoms with Gasteiger partial charge in [0.25, 0.3) is 5.69 Å². The van der Waals surface area contributed by atoms with Crippen molar-refractivity contribution < 1.29 is 14.4 Å². The van der Waals surface area contributed by atoms with E-state index < -0.39 is 4.92 Å². The molecule has 0 aromatic heterocycles. The fraction of sp³-hybridized carbons (Fsp3) is 0.571. The van der Waals surface area contributed by atoms with E-state index in [0.717, 1.165) is 17.7 Å². The van der Waals surface area contributed by atoms with Crippen molar-refractivity contribution in [3.05, 3.63) is 39.4 Å². The molecule has 0 saturated carbocycles. The summed E-state index contributed by atoms with van der Waals surface area (Å²) in [6.07, 6.45) is -0.319. The Labute approximate surface area is 118 Å². The van der Waals surface area contributed by atoms with Crippen LogP contribution in [-0.2, 0) is 22.7 Å². The van der Waals surface area contributed by atoms with Crippen LogP contribution in [0.5, 0.6) is 0 Å². The van der Waals surface area contributed by atoms with Gasteiger partial charge in [-0.2, -0.15) is 0 Å². The molecule has 1 aromatic carbocycles. The largest absolute Gasteiger partial charge is 0.347 e. The molecule has 0 radical (unpaired) electrons. The Morgan fingerprint density at radius 3 is 2.70 bits per heavy atom. The minimum absolute atomic E-state index is 0.0868. The Hall–Kier alpha value is -1.50. The Kier molecular flexibility index (Phi) is 5.05. The lowest BCUT2D eigenvalue weighted by atomic mass is 10.1. The van der Waals surface area contributed by atoms with Crippen molar-refractivity contribution in [1.29, 1.82) is 0 Å². The van der Waals surface area contributed by atoms with Gasteiger partial charge in [0.15, 0.2) is 6.29 Å². The lowest BCUT2D eigenvalue weighted by Crippen LogP contribution is -2.32. The van der Waals surface area contributed by atoms with Crippen LogP contribution in [0.1, 0.15) is 25.0 Å². The highest BCUT2D eigenvalue weighted by atomic mass is 16.7. The molecule has 1 aliphatic heterocycles. The Balaban J connectivity index is 1.94. The quantitative estimate of drug-likeness (QED) is 0.661. The predicted octanol–water partition coefficient (Wildman–Crippen LogP) is 2.21. The maximum atomic E-state index is 10.8. The fourth-order valence-corrected chi connectivity index (χ4v) is 2.02. The number of hydrogen-bond donors (Lipinski definition) is 1. The van der Waals surface area contributed by atoms with Gasteiger partial charge in [0.05, 0.1) is 18.1 Å². The number of nitro groups is 1. The summed E-state index contributed by atoms with van der Waals surface area (Å²) in [5, 5.41) is 14.0. The maximum Gasteiger partial charge on any atom is 0.269 e. The highest BCUT2D eigenvalue weighted by molar-refractivity contribution is 5.39. The second-order valence-electron chi connectivity index (χ2n) is 5.31. The van der Waals surface area contributed by atoms with Gasteiger partial charge in [0, 0.05) is 18.7 Å². The Morgan fingerprint density at radius 2 is 2.05 bits per heavy atom. The molecule has 6 heteroatoms. The number of benzene rings is 1. The number of non-ortho nitro benzene ring substituents is 1. The molecule has 0 amide bonds. The van der Waals surface area contributed by atoms with Crippen LogP contribution in [0.2, 0.25) is 0 Å². The molecule has 2 rings (SSSR count). The summed E-state index contributed by atoms with van der Waals surface area (Å²) in [4.78, 5) is 10.4. The summed E-state index contributed by atoms with van der Waals surface area (Å²) >= 11 is 0. The van der Waals surface area contributed by atoms with E-state index >= 15 is 0 Å². The van der Waals surface area contributed by atoms with E-state index in [4.69, 9.17) is 9.47 Å².